The number of aliphatic hydroxyl groups excluding tert-OH is 2. The van der Waals surface area contributed by atoms with Crippen LogP contribution in [-0.2, 0) is 0 Å². The van der Waals surface area contributed by atoms with Gasteiger partial charge in [0.1, 0.15) is 5.60 Å². The molecule has 0 amide bonds. The first kappa shape index (κ1) is 27.0. The lowest BCUT2D eigenvalue weighted by Crippen LogP contribution is -2.39. The van der Waals surface area contributed by atoms with Crippen LogP contribution in [0.25, 0.3) is 0 Å². The van der Waals surface area contributed by atoms with Gasteiger partial charge in [0.15, 0.2) is 0 Å². The van der Waals surface area contributed by atoms with Crippen molar-refractivity contribution in [2.24, 2.45) is 29.1 Å². The Morgan fingerprint density at radius 3 is 2.50 bits per heavy atom. The van der Waals surface area contributed by atoms with Crippen LogP contribution in [0.15, 0.2) is 47.1 Å². The van der Waals surface area contributed by atoms with E-state index in [0.29, 0.717) is 24.7 Å². The average molecular weight is 467 g/mol. The Balaban J connectivity index is 1.75. The summed E-state index contributed by atoms with van der Waals surface area (Å²) in [7, 11) is 0. The number of hydrogen-bond acceptors (Lipinski definition) is 3. The van der Waals surface area contributed by atoms with Gasteiger partial charge in [-0.2, -0.15) is 0 Å². The molecule has 2 fully saturated rings. The molecule has 34 heavy (non-hydrogen) atoms. The van der Waals surface area contributed by atoms with Gasteiger partial charge in [0.2, 0.25) is 0 Å². The lowest BCUT2D eigenvalue weighted by Gasteiger charge is -2.42. The summed E-state index contributed by atoms with van der Waals surface area (Å²) in [5.74, 6) is 7.64. The summed E-state index contributed by atoms with van der Waals surface area (Å²) in [5, 5.41) is 31.2. The topological polar surface area (TPSA) is 60.7 Å². The lowest BCUT2D eigenvalue weighted by molar-refractivity contribution is 0.00920. The van der Waals surface area contributed by atoms with Gasteiger partial charge in [0.05, 0.1) is 12.2 Å². The summed E-state index contributed by atoms with van der Waals surface area (Å²) in [5.41, 5.74) is 3.94. The number of aliphatic hydroxyl groups is 3. The second-order valence-corrected chi connectivity index (χ2v) is 11.8. The third kappa shape index (κ3) is 5.30. The van der Waals surface area contributed by atoms with E-state index in [9.17, 15) is 15.3 Å². The monoisotopic (exact) mass is 466 g/mol. The van der Waals surface area contributed by atoms with Crippen LogP contribution in [-0.4, -0.2) is 33.1 Å². The second-order valence-electron chi connectivity index (χ2n) is 11.8. The Morgan fingerprint density at radius 1 is 1.18 bits per heavy atom. The Morgan fingerprint density at radius 2 is 1.85 bits per heavy atom. The Hall–Kier alpha value is -1.60. The molecular weight excluding hydrogens is 420 g/mol. The molecule has 0 bridgehead atoms. The van der Waals surface area contributed by atoms with Crippen molar-refractivity contribution in [3.05, 3.63) is 47.1 Å². The molecule has 3 heteroatoms. The van der Waals surface area contributed by atoms with Gasteiger partial charge in [-0.25, -0.2) is 0 Å². The van der Waals surface area contributed by atoms with Gasteiger partial charge in [-0.15, -0.1) is 0 Å². The fraction of sp³-hybridized carbons (Fsp3) is 0.677. The van der Waals surface area contributed by atoms with Crippen LogP contribution in [0.2, 0.25) is 0 Å². The SMILES string of the molecule is C=C1/C(=C\C=C2/CCC[C@]3(C)C([C@@H](C)CC#CC(O)(C(C)C)C(C)C)=CCC23)C[C@@H](O)C[C@@H]1O. The van der Waals surface area contributed by atoms with Crippen molar-refractivity contribution in [2.75, 3.05) is 0 Å². The highest BCUT2D eigenvalue weighted by Gasteiger charge is 2.46. The lowest BCUT2D eigenvalue weighted by atomic mass is 9.62. The van der Waals surface area contributed by atoms with Gasteiger partial charge in [0.25, 0.3) is 0 Å². The maximum absolute atomic E-state index is 11.0. The van der Waals surface area contributed by atoms with E-state index in [0.717, 1.165) is 30.4 Å². The minimum absolute atomic E-state index is 0.102. The Bertz CT molecular complexity index is 914. The minimum Gasteiger partial charge on any atom is -0.393 e. The third-order valence-corrected chi connectivity index (χ3v) is 8.86. The molecule has 3 rings (SSSR count). The Kier molecular flexibility index (Phi) is 8.39. The molecule has 0 aliphatic heterocycles. The molecule has 0 spiro atoms. The first-order valence-corrected chi connectivity index (χ1v) is 13.3. The standard InChI is InChI=1S/C31H46O3/c1-20(2)31(34,21(3)4)17-8-10-22(5)27-14-15-28-24(11-9-16-30(27,28)7)12-13-25-18-26(32)19-29(33)23(25)6/h12-14,20-22,26,28-29,32-34H,6,9-11,15-16,18-19H2,1-5,7H3/b24-12+,25-13-/t22-,26+,28?,29-,30+/m0/s1. The summed E-state index contributed by atoms with van der Waals surface area (Å²) in [6.45, 7) is 16.9. The zero-order valence-corrected chi connectivity index (χ0v) is 22.2. The molecule has 0 saturated heterocycles. The summed E-state index contributed by atoms with van der Waals surface area (Å²) in [4.78, 5) is 0. The van der Waals surface area contributed by atoms with Crippen molar-refractivity contribution in [2.45, 2.75) is 104 Å². The van der Waals surface area contributed by atoms with E-state index in [1.54, 1.807) is 0 Å². The van der Waals surface area contributed by atoms with E-state index in [2.05, 4.69) is 50.5 Å². The highest BCUT2D eigenvalue weighted by Crippen LogP contribution is 2.56. The molecule has 0 aromatic carbocycles. The van der Waals surface area contributed by atoms with Gasteiger partial charge in [-0.1, -0.05) is 89.3 Å². The number of fused-ring (bicyclic) bond motifs is 1. The highest BCUT2D eigenvalue weighted by molar-refractivity contribution is 5.40. The minimum atomic E-state index is -0.936. The zero-order chi connectivity index (χ0) is 25.3. The fourth-order valence-corrected chi connectivity index (χ4v) is 6.49. The second kappa shape index (κ2) is 10.6. The Labute approximate surface area is 207 Å². The van der Waals surface area contributed by atoms with Crippen LogP contribution in [0, 0.1) is 40.9 Å². The number of rotatable bonds is 5. The fourth-order valence-electron chi connectivity index (χ4n) is 6.49. The summed E-state index contributed by atoms with van der Waals surface area (Å²) >= 11 is 0. The van der Waals surface area contributed by atoms with Crippen LogP contribution in [0.1, 0.15) is 86.5 Å². The van der Waals surface area contributed by atoms with Gasteiger partial charge in [0, 0.05) is 12.8 Å². The number of hydrogen-bond donors (Lipinski definition) is 3. The van der Waals surface area contributed by atoms with Crippen LogP contribution in [0.4, 0.5) is 0 Å². The van der Waals surface area contributed by atoms with E-state index in [1.807, 2.05) is 27.7 Å². The molecule has 3 aliphatic carbocycles. The summed E-state index contributed by atoms with van der Waals surface area (Å²) in [6, 6.07) is 0. The van der Waals surface area contributed by atoms with Crippen LogP contribution in [0.3, 0.4) is 0 Å². The molecule has 3 N–H and O–H groups in total. The van der Waals surface area contributed by atoms with Crippen molar-refractivity contribution in [1.82, 2.24) is 0 Å². The molecule has 0 aromatic heterocycles. The molecular formula is C31H46O3. The predicted octanol–water partition coefficient (Wildman–Crippen LogP) is 6.12. The van der Waals surface area contributed by atoms with E-state index < -0.39 is 17.8 Å². The molecule has 3 aliphatic rings. The van der Waals surface area contributed by atoms with Gasteiger partial charge in [-0.05, 0) is 72.3 Å². The predicted molar refractivity (Wildman–Crippen MR) is 141 cm³/mol. The summed E-state index contributed by atoms with van der Waals surface area (Å²) in [6.07, 6.45) is 11.9. The molecule has 188 valence electrons. The zero-order valence-electron chi connectivity index (χ0n) is 22.2. The van der Waals surface area contributed by atoms with Crippen molar-refractivity contribution in [1.29, 1.82) is 0 Å². The van der Waals surface area contributed by atoms with E-state index >= 15 is 0 Å². The summed E-state index contributed by atoms with van der Waals surface area (Å²) < 4.78 is 0. The first-order chi connectivity index (χ1) is 15.9. The molecule has 5 atom stereocenters. The van der Waals surface area contributed by atoms with E-state index in [-0.39, 0.29) is 17.3 Å². The van der Waals surface area contributed by atoms with Crippen LogP contribution >= 0.6 is 0 Å². The smallest absolute Gasteiger partial charge is 0.130 e. The largest absolute Gasteiger partial charge is 0.393 e. The molecule has 1 unspecified atom stereocenters. The number of allylic oxidation sites excluding steroid dienone is 5. The molecule has 0 heterocycles. The molecule has 0 radical (unpaired) electrons. The van der Waals surface area contributed by atoms with Crippen molar-refractivity contribution in [3.8, 4) is 11.8 Å². The van der Waals surface area contributed by atoms with Gasteiger partial charge >= 0.3 is 0 Å². The van der Waals surface area contributed by atoms with Crippen molar-refractivity contribution < 1.29 is 15.3 Å². The van der Waals surface area contributed by atoms with Gasteiger partial charge in [-0.3, -0.25) is 0 Å². The molecule has 2 saturated carbocycles. The molecule has 3 nitrogen and oxygen atoms in total. The first-order valence-electron chi connectivity index (χ1n) is 13.3. The maximum atomic E-state index is 11.0. The van der Waals surface area contributed by atoms with Crippen LogP contribution < -0.4 is 0 Å². The third-order valence-electron chi connectivity index (χ3n) is 8.86. The van der Waals surface area contributed by atoms with Gasteiger partial charge < -0.3 is 15.3 Å². The van der Waals surface area contributed by atoms with Crippen molar-refractivity contribution >= 4 is 0 Å². The normalized spacial score (nSPS) is 33.2. The van der Waals surface area contributed by atoms with Crippen molar-refractivity contribution in [3.63, 3.8) is 0 Å². The van der Waals surface area contributed by atoms with E-state index in [1.165, 1.54) is 24.0 Å². The maximum Gasteiger partial charge on any atom is 0.130 e. The highest BCUT2D eigenvalue weighted by atomic mass is 16.3. The quantitative estimate of drug-likeness (QED) is 0.338. The molecule has 0 aromatic rings. The average Bonchev–Trinajstić information content (AvgIpc) is 3.12. The van der Waals surface area contributed by atoms with Crippen LogP contribution in [0.5, 0.6) is 0 Å². The van der Waals surface area contributed by atoms with E-state index in [4.69, 9.17) is 0 Å².